The summed E-state index contributed by atoms with van der Waals surface area (Å²) in [6.07, 6.45) is 7.86. The summed E-state index contributed by atoms with van der Waals surface area (Å²) >= 11 is 0. The van der Waals surface area contributed by atoms with E-state index in [2.05, 4.69) is 12.1 Å². The Kier molecular flexibility index (Phi) is 12.2. The molecule has 0 bridgehead atoms. The van der Waals surface area contributed by atoms with E-state index in [1.165, 1.54) is 37.7 Å². The minimum Gasteiger partial charge on any atom is -0.480 e. The van der Waals surface area contributed by atoms with Gasteiger partial charge in [-0.15, -0.1) is 0 Å². The van der Waals surface area contributed by atoms with Crippen molar-refractivity contribution in [2.45, 2.75) is 50.6 Å². The summed E-state index contributed by atoms with van der Waals surface area (Å²) in [6, 6.07) is 17.4. The van der Waals surface area contributed by atoms with E-state index in [1.807, 2.05) is 42.5 Å². The molecule has 1 aliphatic carbocycles. The molecule has 0 aliphatic heterocycles. The fraction of sp³-hybridized carbons (Fsp3) is 0.391. The number of rotatable bonds is 5. The summed E-state index contributed by atoms with van der Waals surface area (Å²) in [4.78, 5) is 20.4. The van der Waals surface area contributed by atoms with Crippen molar-refractivity contribution < 1.29 is 14.7 Å². The van der Waals surface area contributed by atoms with Crippen LogP contribution in [-0.4, -0.2) is 36.0 Å². The standard InChI is InChI=1S/C13H10O.C6H13N.C4H10N2O2/c14-10-11-6-8-13(9-7-11)12-4-2-1-3-5-12;7-6-4-2-1-3-5-6;5-2-1-3(6)4(7)8/h1-10H;6H,1-5,7H2;3H,1-2,5-6H2,(H,7,8). The zero-order valence-corrected chi connectivity index (χ0v) is 16.9. The molecule has 0 aromatic heterocycles. The zero-order valence-electron chi connectivity index (χ0n) is 16.9. The van der Waals surface area contributed by atoms with Gasteiger partial charge in [-0.05, 0) is 36.9 Å². The second-order valence-electron chi connectivity index (χ2n) is 7.03. The van der Waals surface area contributed by atoms with Crippen LogP contribution in [0.4, 0.5) is 0 Å². The summed E-state index contributed by atoms with van der Waals surface area (Å²) in [7, 11) is 0. The van der Waals surface area contributed by atoms with Crippen LogP contribution in [0, 0.1) is 0 Å². The number of hydrogen-bond donors (Lipinski definition) is 4. The highest BCUT2D eigenvalue weighted by molar-refractivity contribution is 5.76. The van der Waals surface area contributed by atoms with Crippen LogP contribution in [0.25, 0.3) is 11.1 Å². The molecular weight excluding hydrogens is 366 g/mol. The molecule has 1 atom stereocenters. The lowest BCUT2D eigenvalue weighted by Gasteiger charge is -2.15. The first-order chi connectivity index (χ1) is 14.0. The molecule has 1 fully saturated rings. The van der Waals surface area contributed by atoms with Crippen LogP contribution in [0.15, 0.2) is 54.6 Å². The highest BCUT2D eigenvalue weighted by Gasteiger charge is 2.08. The average molecular weight is 400 g/mol. The van der Waals surface area contributed by atoms with Crippen LogP contribution in [0.3, 0.4) is 0 Å². The van der Waals surface area contributed by atoms with Crippen LogP contribution in [-0.2, 0) is 4.79 Å². The van der Waals surface area contributed by atoms with E-state index in [0.29, 0.717) is 24.6 Å². The highest BCUT2D eigenvalue weighted by Crippen LogP contribution is 2.18. The van der Waals surface area contributed by atoms with E-state index in [4.69, 9.17) is 22.3 Å². The van der Waals surface area contributed by atoms with Crippen LogP contribution in [0.1, 0.15) is 48.9 Å². The van der Waals surface area contributed by atoms with E-state index in [0.717, 1.165) is 11.8 Å². The largest absolute Gasteiger partial charge is 0.480 e. The lowest BCUT2D eigenvalue weighted by atomic mass is 9.97. The maximum atomic E-state index is 10.5. The average Bonchev–Trinajstić information content (AvgIpc) is 2.76. The molecule has 1 unspecified atom stereocenters. The third-order valence-electron chi connectivity index (χ3n) is 4.60. The monoisotopic (exact) mass is 399 g/mol. The maximum Gasteiger partial charge on any atom is 0.320 e. The van der Waals surface area contributed by atoms with Crippen molar-refractivity contribution in [3.63, 3.8) is 0 Å². The van der Waals surface area contributed by atoms with Crippen molar-refractivity contribution in [1.29, 1.82) is 0 Å². The first-order valence-electron chi connectivity index (χ1n) is 10.0. The van der Waals surface area contributed by atoms with Gasteiger partial charge in [-0.25, -0.2) is 0 Å². The minimum atomic E-state index is -0.990. The first-order valence-corrected chi connectivity index (χ1v) is 10.0. The van der Waals surface area contributed by atoms with Crippen LogP contribution >= 0.6 is 0 Å². The summed E-state index contributed by atoms with van der Waals surface area (Å²) in [6.45, 7) is 0.327. The maximum absolute atomic E-state index is 10.5. The Labute approximate surface area is 173 Å². The summed E-state index contributed by atoms with van der Waals surface area (Å²) in [5, 5.41) is 8.13. The lowest BCUT2D eigenvalue weighted by Crippen LogP contribution is -2.32. The van der Waals surface area contributed by atoms with Crippen molar-refractivity contribution in [3.05, 3.63) is 60.2 Å². The van der Waals surface area contributed by atoms with Crippen molar-refractivity contribution in [2.75, 3.05) is 6.54 Å². The zero-order chi connectivity index (χ0) is 21.5. The van der Waals surface area contributed by atoms with Crippen LogP contribution in [0.2, 0.25) is 0 Å². The van der Waals surface area contributed by atoms with E-state index < -0.39 is 12.0 Å². The predicted molar refractivity (Wildman–Crippen MR) is 118 cm³/mol. The molecule has 158 valence electrons. The molecule has 1 aliphatic rings. The molecule has 7 N–H and O–H groups in total. The van der Waals surface area contributed by atoms with Gasteiger partial charge in [-0.2, -0.15) is 0 Å². The van der Waals surface area contributed by atoms with Crippen molar-refractivity contribution in [2.24, 2.45) is 17.2 Å². The van der Waals surface area contributed by atoms with E-state index in [9.17, 15) is 9.59 Å². The Morgan fingerprint density at radius 1 is 1.00 bits per heavy atom. The minimum absolute atomic E-state index is 0.327. The predicted octanol–water partition coefficient (Wildman–Crippen LogP) is 3.19. The lowest BCUT2D eigenvalue weighted by molar-refractivity contribution is -0.138. The smallest absolute Gasteiger partial charge is 0.320 e. The molecule has 0 saturated heterocycles. The molecule has 1 saturated carbocycles. The molecular formula is C23H33N3O3. The molecule has 0 heterocycles. The number of benzene rings is 2. The SMILES string of the molecule is NC1CCCCC1.NCCC(N)C(=O)O.O=Cc1ccc(-c2ccccc2)cc1. The molecule has 2 aromatic carbocycles. The molecule has 0 radical (unpaired) electrons. The number of carboxylic acids is 1. The van der Waals surface area contributed by atoms with Gasteiger partial charge in [0.15, 0.2) is 0 Å². The number of carboxylic acid groups (broad SMARTS) is 1. The quantitative estimate of drug-likeness (QED) is 0.571. The molecule has 3 rings (SSSR count). The van der Waals surface area contributed by atoms with Gasteiger partial charge in [0.05, 0.1) is 0 Å². The van der Waals surface area contributed by atoms with Crippen molar-refractivity contribution >= 4 is 12.3 Å². The van der Waals surface area contributed by atoms with Gasteiger partial charge in [-0.3, -0.25) is 9.59 Å². The molecule has 0 amide bonds. The van der Waals surface area contributed by atoms with Gasteiger partial charge in [-0.1, -0.05) is 73.9 Å². The Bertz CT molecular complexity index is 699. The number of nitrogens with two attached hydrogens (primary N) is 3. The first kappa shape index (κ1) is 24.5. The third kappa shape index (κ3) is 10.5. The summed E-state index contributed by atoms with van der Waals surface area (Å²) < 4.78 is 0. The summed E-state index contributed by atoms with van der Waals surface area (Å²) in [5.74, 6) is -0.990. The second-order valence-corrected chi connectivity index (χ2v) is 7.03. The third-order valence-corrected chi connectivity index (χ3v) is 4.60. The molecule has 29 heavy (non-hydrogen) atoms. The fourth-order valence-corrected chi connectivity index (χ4v) is 2.82. The molecule has 6 nitrogen and oxygen atoms in total. The molecule has 2 aromatic rings. The van der Waals surface area contributed by atoms with Gasteiger partial charge in [0, 0.05) is 11.6 Å². The van der Waals surface area contributed by atoms with Gasteiger partial charge in [0.25, 0.3) is 0 Å². The number of hydrogen-bond acceptors (Lipinski definition) is 5. The Morgan fingerprint density at radius 2 is 1.55 bits per heavy atom. The molecule has 6 heteroatoms. The Morgan fingerprint density at radius 3 is 1.93 bits per heavy atom. The number of carbonyl (C=O) groups is 2. The van der Waals surface area contributed by atoms with Gasteiger partial charge in [0.2, 0.25) is 0 Å². The Balaban J connectivity index is 0.000000239. The van der Waals surface area contributed by atoms with Crippen molar-refractivity contribution in [3.8, 4) is 11.1 Å². The van der Waals surface area contributed by atoms with E-state index in [1.54, 1.807) is 0 Å². The normalized spacial score (nSPS) is 14.4. The van der Waals surface area contributed by atoms with Gasteiger partial charge < -0.3 is 22.3 Å². The van der Waals surface area contributed by atoms with Gasteiger partial charge in [0.1, 0.15) is 12.3 Å². The Hall–Kier alpha value is -2.54. The number of carbonyl (C=O) groups excluding carboxylic acids is 1. The van der Waals surface area contributed by atoms with Crippen LogP contribution in [0.5, 0.6) is 0 Å². The van der Waals surface area contributed by atoms with E-state index >= 15 is 0 Å². The topological polar surface area (TPSA) is 132 Å². The number of aldehydes is 1. The summed E-state index contributed by atoms with van der Waals surface area (Å²) in [5.41, 5.74) is 18.7. The van der Waals surface area contributed by atoms with E-state index in [-0.39, 0.29) is 0 Å². The highest BCUT2D eigenvalue weighted by atomic mass is 16.4. The van der Waals surface area contributed by atoms with Crippen molar-refractivity contribution in [1.82, 2.24) is 0 Å². The van der Waals surface area contributed by atoms with Gasteiger partial charge >= 0.3 is 5.97 Å². The fourth-order valence-electron chi connectivity index (χ4n) is 2.82. The second kappa shape index (κ2) is 14.5. The number of aliphatic carboxylic acids is 1. The molecule has 0 spiro atoms. The van der Waals surface area contributed by atoms with Crippen LogP contribution < -0.4 is 17.2 Å².